The molecule has 0 saturated heterocycles. The minimum Gasteiger partial charge on any atom is -0.236 e. The highest BCUT2D eigenvalue weighted by Crippen LogP contribution is 2.29. The quantitative estimate of drug-likeness (QED) is 0.447. The zero-order chi connectivity index (χ0) is 17.1. The molecule has 2 nitrogen and oxygen atoms in total. The highest BCUT2D eigenvalue weighted by Gasteiger charge is 2.07. The summed E-state index contributed by atoms with van der Waals surface area (Å²) < 4.78 is 0. The fraction of sp³-hybridized carbons (Fsp3) is 0. The Balaban J connectivity index is 1.69. The number of benzene rings is 3. The van der Waals surface area contributed by atoms with E-state index >= 15 is 0 Å². The van der Waals surface area contributed by atoms with Crippen molar-refractivity contribution in [3.05, 3.63) is 96.3 Å². The van der Waals surface area contributed by atoms with Crippen molar-refractivity contribution in [2.45, 2.75) is 0 Å². The van der Waals surface area contributed by atoms with Crippen molar-refractivity contribution in [1.29, 1.82) is 0 Å². The van der Waals surface area contributed by atoms with Gasteiger partial charge in [-0.25, -0.2) is 9.97 Å². The molecule has 0 N–H and O–H groups in total. The summed E-state index contributed by atoms with van der Waals surface area (Å²) in [5, 5.41) is 0.687. The molecular weight excluding hydrogens is 328 g/mol. The van der Waals surface area contributed by atoms with Gasteiger partial charge in [0.1, 0.15) is 6.33 Å². The average molecular weight is 343 g/mol. The van der Waals surface area contributed by atoms with Gasteiger partial charge in [-0.2, -0.15) is 0 Å². The van der Waals surface area contributed by atoms with Crippen LogP contribution in [0.25, 0.3) is 33.6 Å². The second kappa shape index (κ2) is 6.88. The molecule has 1 heterocycles. The van der Waals surface area contributed by atoms with Gasteiger partial charge in [0, 0.05) is 16.1 Å². The van der Waals surface area contributed by atoms with E-state index in [-0.39, 0.29) is 0 Å². The molecule has 4 rings (SSSR count). The molecule has 4 aromatic rings. The van der Waals surface area contributed by atoms with Gasteiger partial charge in [-0.05, 0) is 23.3 Å². The van der Waals surface area contributed by atoms with Gasteiger partial charge in [0.05, 0.1) is 11.4 Å². The molecule has 0 fully saturated rings. The Hall–Kier alpha value is -2.97. The smallest absolute Gasteiger partial charge is 0.116 e. The first-order chi connectivity index (χ1) is 12.3. The van der Waals surface area contributed by atoms with Crippen LogP contribution >= 0.6 is 11.6 Å². The van der Waals surface area contributed by atoms with Crippen molar-refractivity contribution in [3.8, 4) is 33.6 Å². The van der Waals surface area contributed by atoms with Crippen LogP contribution in [0.5, 0.6) is 0 Å². The van der Waals surface area contributed by atoms with E-state index < -0.39 is 0 Å². The van der Waals surface area contributed by atoms with Crippen LogP contribution in [0.2, 0.25) is 5.02 Å². The molecule has 3 aromatic carbocycles. The Morgan fingerprint density at radius 1 is 0.560 bits per heavy atom. The predicted molar refractivity (Wildman–Crippen MR) is 103 cm³/mol. The maximum absolute atomic E-state index is 6.29. The number of rotatable bonds is 3. The van der Waals surface area contributed by atoms with Gasteiger partial charge in [-0.1, -0.05) is 84.4 Å². The fourth-order valence-electron chi connectivity index (χ4n) is 2.80. The van der Waals surface area contributed by atoms with Crippen molar-refractivity contribution in [1.82, 2.24) is 9.97 Å². The standard InChI is InChI=1S/C22H15ClN2/c23-20-9-5-4-8-19(20)22-14-21(24-15-25-22)18-12-10-17(11-13-18)16-6-2-1-3-7-16/h1-15H. The lowest BCUT2D eigenvalue weighted by Crippen LogP contribution is -1.90. The normalized spacial score (nSPS) is 10.6. The molecule has 0 radical (unpaired) electrons. The predicted octanol–water partition coefficient (Wildman–Crippen LogP) is 6.13. The fourth-order valence-corrected chi connectivity index (χ4v) is 3.03. The maximum atomic E-state index is 6.29. The van der Waals surface area contributed by atoms with Gasteiger partial charge < -0.3 is 0 Å². The largest absolute Gasteiger partial charge is 0.236 e. The zero-order valence-corrected chi connectivity index (χ0v) is 14.2. The van der Waals surface area contributed by atoms with E-state index in [4.69, 9.17) is 11.6 Å². The molecule has 0 spiro atoms. The Bertz CT molecular complexity index is 996. The van der Waals surface area contributed by atoms with E-state index in [2.05, 4.69) is 46.4 Å². The van der Waals surface area contributed by atoms with Crippen molar-refractivity contribution in [2.75, 3.05) is 0 Å². The summed E-state index contributed by atoms with van der Waals surface area (Å²) in [6, 6.07) is 28.4. The second-order valence-corrected chi connectivity index (χ2v) is 6.12. The topological polar surface area (TPSA) is 25.8 Å². The van der Waals surface area contributed by atoms with Gasteiger partial charge in [-0.15, -0.1) is 0 Å². The molecule has 120 valence electrons. The third-order valence-electron chi connectivity index (χ3n) is 4.10. The van der Waals surface area contributed by atoms with Gasteiger partial charge in [0.2, 0.25) is 0 Å². The van der Waals surface area contributed by atoms with E-state index in [1.807, 2.05) is 48.5 Å². The summed E-state index contributed by atoms with van der Waals surface area (Å²) in [5.41, 5.74) is 6.05. The Kier molecular flexibility index (Phi) is 4.28. The first-order valence-corrected chi connectivity index (χ1v) is 8.42. The number of halogens is 1. The summed E-state index contributed by atoms with van der Waals surface area (Å²) in [7, 11) is 0. The summed E-state index contributed by atoms with van der Waals surface area (Å²) in [4.78, 5) is 8.78. The second-order valence-electron chi connectivity index (χ2n) is 5.71. The van der Waals surface area contributed by atoms with Crippen molar-refractivity contribution in [2.24, 2.45) is 0 Å². The first-order valence-electron chi connectivity index (χ1n) is 8.04. The van der Waals surface area contributed by atoms with E-state index in [0.717, 1.165) is 22.5 Å². The molecule has 0 unspecified atom stereocenters. The monoisotopic (exact) mass is 342 g/mol. The average Bonchev–Trinajstić information content (AvgIpc) is 2.69. The van der Waals surface area contributed by atoms with Crippen LogP contribution in [0, 0.1) is 0 Å². The van der Waals surface area contributed by atoms with Gasteiger partial charge in [-0.3, -0.25) is 0 Å². The van der Waals surface area contributed by atoms with Crippen LogP contribution in [-0.4, -0.2) is 9.97 Å². The molecule has 1 aromatic heterocycles. The van der Waals surface area contributed by atoms with E-state index in [1.54, 1.807) is 6.33 Å². The number of aromatic nitrogens is 2. The Morgan fingerprint density at radius 2 is 1.16 bits per heavy atom. The number of hydrogen-bond donors (Lipinski definition) is 0. The highest BCUT2D eigenvalue weighted by atomic mass is 35.5. The minimum atomic E-state index is 0.687. The number of hydrogen-bond acceptors (Lipinski definition) is 2. The number of nitrogens with zero attached hydrogens (tertiary/aromatic N) is 2. The molecule has 0 aliphatic heterocycles. The summed E-state index contributed by atoms with van der Waals surface area (Å²) in [5.74, 6) is 0. The maximum Gasteiger partial charge on any atom is 0.116 e. The molecule has 0 aliphatic carbocycles. The van der Waals surface area contributed by atoms with Crippen LogP contribution in [0.3, 0.4) is 0 Å². The summed E-state index contributed by atoms with van der Waals surface area (Å²) >= 11 is 6.29. The SMILES string of the molecule is Clc1ccccc1-c1cc(-c2ccc(-c3ccccc3)cc2)ncn1. The molecule has 0 saturated carbocycles. The molecule has 0 atom stereocenters. The van der Waals surface area contributed by atoms with Gasteiger partial charge >= 0.3 is 0 Å². The van der Waals surface area contributed by atoms with Crippen molar-refractivity contribution < 1.29 is 0 Å². The molecule has 3 heteroatoms. The molecular formula is C22H15ClN2. The first kappa shape index (κ1) is 15.6. The molecule has 0 aliphatic rings. The molecule has 25 heavy (non-hydrogen) atoms. The van der Waals surface area contributed by atoms with Crippen molar-refractivity contribution >= 4 is 11.6 Å². The van der Waals surface area contributed by atoms with Crippen LogP contribution in [0.1, 0.15) is 0 Å². The van der Waals surface area contributed by atoms with E-state index in [0.29, 0.717) is 5.02 Å². The van der Waals surface area contributed by atoms with Crippen LogP contribution in [0.15, 0.2) is 91.3 Å². The van der Waals surface area contributed by atoms with Crippen molar-refractivity contribution in [3.63, 3.8) is 0 Å². The van der Waals surface area contributed by atoms with E-state index in [1.165, 1.54) is 11.1 Å². The van der Waals surface area contributed by atoms with Gasteiger partial charge in [0.25, 0.3) is 0 Å². The highest BCUT2D eigenvalue weighted by molar-refractivity contribution is 6.33. The van der Waals surface area contributed by atoms with Gasteiger partial charge in [0.15, 0.2) is 0 Å². The van der Waals surface area contributed by atoms with Crippen LogP contribution in [-0.2, 0) is 0 Å². The third kappa shape index (κ3) is 3.30. The summed E-state index contributed by atoms with van der Waals surface area (Å²) in [6.45, 7) is 0. The third-order valence-corrected chi connectivity index (χ3v) is 4.43. The lowest BCUT2D eigenvalue weighted by Gasteiger charge is -2.07. The Labute approximate surface area is 151 Å². The van der Waals surface area contributed by atoms with E-state index in [9.17, 15) is 0 Å². The minimum absolute atomic E-state index is 0.687. The lowest BCUT2D eigenvalue weighted by atomic mass is 10.0. The zero-order valence-electron chi connectivity index (χ0n) is 13.4. The molecule has 0 amide bonds. The summed E-state index contributed by atoms with van der Waals surface area (Å²) in [6.07, 6.45) is 1.58. The van der Waals surface area contributed by atoms with Crippen LogP contribution in [0.4, 0.5) is 0 Å². The Morgan fingerprint density at radius 3 is 1.92 bits per heavy atom. The van der Waals surface area contributed by atoms with Crippen LogP contribution < -0.4 is 0 Å². The molecule has 0 bridgehead atoms. The lowest BCUT2D eigenvalue weighted by molar-refractivity contribution is 1.18.